The molecule has 1 heterocycles. The highest BCUT2D eigenvalue weighted by Crippen LogP contribution is 2.31. The minimum atomic E-state index is 0.0927. The molecular weight excluding hydrogens is 271 g/mol. The molecule has 0 bridgehead atoms. The highest BCUT2D eigenvalue weighted by Gasteiger charge is 2.28. The van der Waals surface area contributed by atoms with E-state index in [9.17, 15) is 0 Å². The number of hydrogen-bond donors (Lipinski definition) is 1. The maximum Gasteiger partial charge on any atom is 0.0620 e. The lowest BCUT2D eigenvalue weighted by Gasteiger charge is -2.39. The van der Waals surface area contributed by atoms with Crippen LogP contribution >= 0.6 is 23.2 Å². The van der Waals surface area contributed by atoms with Gasteiger partial charge in [-0.25, -0.2) is 0 Å². The van der Waals surface area contributed by atoms with Crippen LogP contribution in [0.5, 0.6) is 0 Å². The lowest BCUT2D eigenvalue weighted by Crippen LogP contribution is -2.47. The standard InChI is InChI=1S/C13H18Cl2N2O/c1-9-8-18-5-4-17(9)13(7-16)11-6-10(14)2-3-12(11)15/h2-3,6,9,13H,4-5,7-8,16H2,1H3. The Morgan fingerprint density at radius 2 is 2.28 bits per heavy atom. The zero-order chi connectivity index (χ0) is 13.1. The van der Waals surface area contributed by atoms with Crippen molar-refractivity contribution in [2.75, 3.05) is 26.3 Å². The van der Waals surface area contributed by atoms with Crippen molar-refractivity contribution >= 4 is 23.2 Å². The molecule has 1 aliphatic heterocycles. The van der Waals surface area contributed by atoms with Crippen LogP contribution in [0.2, 0.25) is 10.0 Å². The summed E-state index contributed by atoms with van der Waals surface area (Å²) in [4.78, 5) is 2.33. The summed E-state index contributed by atoms with van der Waals surface area (Å²) in [7, 11) is 0. The Morgan fingerprint density at radius 1 is 1.50 bits per heavy atom. The Hall–Kier alpha value is -0.320. The van der Waals surface area contributed by atoms with E-state index in [1.165, 1.54) is 0 Å². The second-order valence-electron chi connectivity index (χ2n) is 4.58. The van der Waals surface area contributed by atoms with Crippen LogP contribution in [0.3, 0.4) is 0 Å². The van der Waals surface area contributed by atoms with Gasteiger partial charge < -0.3 is 10.5 Å². The quantitative estimate of drug-likeness (QED) is 0.930. The highest BCUT2D eigenvalue weighted by molar-refractivity contribution is 6.33. The van der Waals surface area contributed by atoms with E-state index >= 15 is 0 Å². The predicted molar refractivity (Wildman–Crippen MR) is 75.2 cm³/mol. The molecule has 18 heavy (non-hydrogen) atoms. The molecule has 1 fully saturated rings. The van der Waals surface area contributed by atoms with Crippen molar-refractivity contribution in [3.8, 4) is 0 Å². The third-order valence-corrected chi connectivity index (χ3v) is 3.94. The van der Waals surface area contributed by atoms with Crippen LogP contribution in [0.1, 0.15) is 18.5 Å². The molecule has 5 heteroatoms. The minimum Gasteiger partial charge on any atom is -0.379 e. The van der Waals surface area contributed by atoms with Gasteiger partial charge in [-0.15, -0.1) is 0 Å². The van der Waals surface area contributed by atoms with E-state index in [0.29, 0.717) is 22.6 Å². The van der Waals surface area contributed by atoms with Crippen molar-refractivity contribution in [2.24, 2.45) is 5.73 Å². The van der Waals surface area contributed by atoms with Crippen LogP contribution < -0.4 is 5.73 Å². The Kier molecular flexibility index (Phi) is 4.87. The van der Waals surface area contributed by atoms with Crippen molar-refractivity contribution in [3.05, 3.63) is 33.8 Å². The Morgan fingerprint density at radius 3 is 2.94 bits per heavy atom. The number of nitrogens with two attached hydrogens (primary N) is 1. The SMILES string of the molecule is CC1COCCN1C(CN)c1cc(Cl)ccc1Cl. The van der Waals surface area contributed by atoms with Crippen LogP contribution in [0.4, 0.5) is 0 Å². The number of benzene rings is 1. The third kappa shape index (κ3) is 2.98. The molecule has 1 aromatic rings. The first-order valence-corrected chi connectivity index (χ1v) is 6.87. The van der Waals surface area contributed by atoms with E-state index in [1.807, 2.05) is 12.1 Å². The number of morpholine rings is 1. The molecule has 1 saturated heterocycles. The van der Waals surface area contributed by atoms with E-state index in [0.717, 1.165) is 25.3 Å². The molecule has 0 spiro atoms. The topological polar surface area (TPSA) is 38.5 Å². The molecule has 2 unspecified atom stereocenters. The molecule has 1 aliphatic rings. The monoisotopic (exact) mass is 288 g/mol. The summed E-state index contributed by atoms with van der Waals surface area (Å²) >= 11 is 12.3. The number of ether oxygens (including phenoxy) is 1. The van der Waals surface area contributed by atoms with Crippen LogP contribution in [-0.4, -0.2) is 37.2 Å². The summed E-state index contributed by atoms with van der Waals surface area (Å²) < 4.78 is 5.45. The van der Waals surface area contributed by atoms with E-state index in [4.69, 9.17) is 33.7 Å². The van der Waals surface area contributed by atoms with Crippen molar-refractivity contribution in [2.45, 2.75) is 19.0 Å². The second kappa shape index (κ2) is 6.22. The molecule has 2 rings (SSSR count). The van der Waals surface area contributed by atoms with Gasteiger partial charge in [-0.05, 0) is 30.7 Å². The average molecular weight is 289 g/mol. The van der Waals surface area contributed by atoms with Crippen LogP contribution in [0, 0.1) is 0 Å². The Labute approximate surface area is 118 Å². The summed E-state index contributed by atoms with van der Waals surface area (Å²) in [5.41, 5.74) is 6.93. The largest absolute Gasteiger partial charge is 0.379 e. The van der Waals surface area contributed by atoms with E-state index in [1.54, 1.807) is 6.07 Å². The summed E-state index contributed by atoms with van der Waals surface area (Å²) in [5.74, 6) is 0. The van der Waals surface area contributed by atoms with Gasteiger partial charge in [-0.2, -0.15) is 0 Å². The first kappa shape index (κ1) is 14.1. The molecule has 0 aromatic heterocycles. The van der Waals surface area contributed by atoms with Crippen LogP contribution in [0.15, 0.2) is 18.2 Å². The van der Waals surface area contributed by atoms with Crippen LogP contribution in [-0.2, 0) is 4.74 Å². The fourth-order valence-corrected chi connectivity index (χ4v) is 2.84. The van der Waals surface area contributed by atoms with Crippen LogP contribution in [0.25, 0.3) is 0 Å². The van der Waals surface area contributed by atoms with Gasteiger partial charge in [0.05, 0.1) is 13.2 Å². The van der Waals surface area contributed by atoms with Gasteiger partial charge in [0.15, 0.2) is 0 Å². The number of halogens is 2. The maximum absolute atomic E-state index is 6.26. The fraction of sp³-hybridized carbons (Fsp3) is 0.538. The molecule has 3 nitrogen and oxygen atoms in total. The highest BCUT2D eigenvalue weighted by atomic mass is 35.5. The molecule has 2 atom stereocenters. The minimum absolute atomic E-state index is 0.0927. The summed E-state index contributed by atoms with van der Waals surface area (Å²) in [6.07, 6.45) is 0. The van der Waals surface area contributed by atoms with Gasteiger partial charge in [0.2, 0.25) is 0 Å². The van der Waals surface area contributed by atoms with Gasteiger partial charge in [0, 0.05) is 35.2 Å². The fourth-order valence-electron chi connectivity index (χ4n) is 2.41. The molecule has 1 aromatic carbocycles. The number of nitrogens with zero attached hydrogens (tertiary/aromatic N) is 1. The molecule has 2 N–H and O–H groups in total. The first-order chi connectivity index (χ1) is 8.63. The van der Waals surface area contributed by atoms with Crippen molar-refractivity contribution in [1.29, 1.82) is 0 Å². The van der Waals surface area contributed by atoms with Crippen molar-refractivity contribution in [3.63, 3.8) is 0 Å². The summed E-state index contributed by atoms with van der Waals surface area (Å²) in [6.45, 7) is 4.99. The normalized spacial score (nSPS) is 23.0. The van der Waals surface area contributed by atoms with Crippen molar-refractivity contribution < 1.29 is 4.74 Å². The molecule has 100 valence electrons. The van der Waals surface area contributed by atoms with Gasteiger partial charge >= 0.3 is 0 Å². The first-order valence-electron chi connectivity index (χ1n) is 6.12. The molecule has 0 saturated carbocycles. The van der Waals surface area contributed by atoms with Gasteiger partial charge in [0.1, 0.15) is 0 Å². The molecular formula is C13H18Cl2N2O. The molecule has 0 amide bonds. The van der Waals surface area contributed by atoms with Gasteiger partial charge in [0.25, 0.3) is 0 Å². The van der Waals surface area contributed by atoms with Crippen molar-refractivity contribution in [1.82, 2.24) is 4.90 Å². The van der Waals surface area contributed by atoms with E-state index < -0.39 is 0 Å². The summed E-state index contributed by atoms with van der Waals surface area (Å²) in [5, 5.41) is 1.40. The average Bonchev–Trinajstić information content (AvgIpc) is 2.36. The Bertz CT molecular complexity index is 414. The zero-order valence-corrected chi connectivity index (χ0v) is 11.9. The van der Waals surface area contributed by atoms with E-state index in [-0.39, 0.29) is 6.04 Å². The Balaban J connectivity index is 2.29. The summed E-state index contributed by atoms with van der Waals surface area (Å²) in [6, 6.07) is 5.96. The second-order valence-corrected chi connectivity index (χ2v) is 5.42. The molecule has 0 radical (unpaired) electrons. The number of rotatable bonds is 3. The maximum atomic E-state index is 6.26. The predicted octanol–water partition coefficient (Wildman–Crippen LogP) is 2.71. The third-order valence-electron chi connectivity index (χ3n) is 3.36. The van der Waals surface area contributed by atoms with Gasteiger partial charge in [-0.3, -0.25) is 4.90 Å². The lowest BCUT2D eigenvalue weighted by atomic mass is 10.0. The smallest absolute Gasteiger partial charge is 0.0620 e. The molecule has 0 aliphatic carbocycles. The van der Waals surface area contributed by atoms with E-state index in [2.05, 4.69) is 11.8 Å². The lowest BCUT2D eigenvalue weighted by molar-refractivity contribution is -0.0209. The van der Waals surface area contributed by atoms with Gasteiger partial charge in [-0.1, -0.05) is 23.2 Å². The zero-order valence-electron chi connectivity index (χ0n) is 10.4. The number of hydrogen-bond acceptors (Lipinski definition) is 3.